The van der Waals surface area contributed by atoms with E-state index in [0.717, 1.165) is 44.1 Å². The average Bonchev–Trinajstić information content (AvgIpc) is 2.86. The molecular formula is C19H33N5O2. The number of piperidine rings is 1. The lowest BCUT2D eigenvalue weighted by molar-refractivity contribution is -0.133. The van der Waals surface area contributed by atoms with Crippen molar-refractivity contribution in [1.82, 2.24) is 24.6 Å². The van der Waals surface area contributed by atoms with Crippen molar-refractivity contribution >= 4 is 5.91 Å². The first-order chi connectivity index (χ1) is 12.7. The molecule has 1 amide bonds. The summed E-state index contributed by atoms with van der Waals surface area (Å²) in [7, 11) is 3.73. The van der Waals surface area contributed by atoms with Gasteiger partial charge in [-0.25, -0.2) is 0 Å². The number of aromatic nitrogens is 3. The van der Waals surface area contributed by atoms with E-state index in [0.29, 0.717) is 18.9 Å². The van der Waals surface area contributed by atoms with Gasteiger partial charge in [-0.3, -0.25) is 9.69 Å². The van der Waals surface area contributed by atoms with Gasteiger partial charge in [0, 0.05) is 33.2 Å². The normalized spacial score (nSPS) is 20.3. The highest BCUT2D eigenvalue weighted by molar-refractivity contribution is 5.76. The Balaban J connectivity index is 1.54. The first-order valence-corrected chi connectivity index (χ1v) is 10.1. The van der Waals surface area contributed by atoms with Crippen molar-refractivity contribution in [3.05, 3.63) is 11.6 Å². The van der Waals surface area contributed by atoms with Crippen molar-refractivity contribution in [3.63, 3.8) is 0 Å². The van der Waals surface area contributed by atoms with Gasteiger partial charge in [-0.05, 0) is 38.8 Å². The molecule has 1 aromatic heterocycles. The maximum absolute atomic E-state index is 12.1. The Kier molecular flexibility index (Phi) is 7.02. The van der Waals surface area contributed by atoms with E-state index in [2.05, 4.69) is 26.7 Å². The average molecular weight is 364 g/mol. The molecule has 2 aliphatic rings. The largest absolute Gasteiger partial charge is 0.384 e. The molecule has 1 aromatic rings. The molecule has 7 heteroatoms. The maximum Gasteiger partial charge on any atom is 0.224 e. The molecule has 2 aliphatic heterocycles. The van der Waals surface area contributed by atoms with Crippen molar-refractivity contribution in [2.24, 2.45) is 7.05 Å². The zero-order chi connectivity index (χ0) is 18.4. The summed E-state index contributed by atoms with van der Waals surface area (Å²) in [5.41, 5.74) is 0. The highest BCUT2D eigenvalue weighted by Gasteiger charge is 2.27. The van der Waals surface area contributed by atoms with Gasteiger partial charge < -0.3 is 14.2 Å². The Morgan fingerprint density at radius 3 is 2.42 bits per heavy atom. The fraction of sp³-hybridized carbons (Fsp3) is 0.842. The van der Waals surface area contributed by atoms with Gasteiger partial charge >= 0.3 is 0 Å². The fourth-order valence-corrected chi connectivity index (χ4v) is 4.10. The van der Waals surface area contributed by atoms with Gasteiger partial charge in [0.1, 0.15) is 11.6 Å². The molecule has 0 saturated carbocycles. The second-order valence-electron chi connectivity index (χ2n) is 7.62. The van der Waals surface area contributed by atoms with Crippen molar-refractivity contribution in [2.75, 3.05) is 39.9 Å². The highest BCUT2D eigenvalue weighted by Crippen LogP contribution is 2.27. The first kappa shape index (κ1) is 19.3. The maximum atomic E-state index is 12.1. The summed E-state index contributed by atoms with van der Waals surface area (Å²) in [6.45, 7) is 5.36. The molecule has 26 heavy (non-hydrogen) atoms. The third-order valence-corrected chi connectivity index (χ3v) is 5.80. The predicted octanol–water partition coefficient (Wildman–Crippen LogP) is 1.93. The van der Waals surface area contributed by atoms with Crippen molar-refractivity contribution in [1.29, 1.82) is 0 Å². The summed E-state index contributed by atoms with van der Waals surface area (Å²) < 4.78 is 7.20. The van der Waals surface area contributed by atoms with Crippen LogP contribution in [0.5, 0.6) is 0 Å². The Hall–Kier alpha value is -1.47. The van der Waals surface area contributed by atoms with Crippen molar-refractivity contribution in [3.8, 4) is 0 Å². The van der Waals surface area contributed by atoms with Gasteiger partial charge in [0.05, 0.1) is 19.6 Å². The van der Waals surface area contributed by atoms with E-state index in [1.807, 2.05) is 4.90 Å². The van der Waals surface area contributed by atoms with Crippen LogP contribution in [0, 0.1) is 0 Å². The third kappa shape index (κ3) is 4.82. The molecule has 3 rings (SSSR count). The molecule has 0 N–H and O–H groups in total. The SMILES string of the molecule is COCCC(=O)N1CCC(c2nnc(CN3CCCCCC3)n2C)CC1. The number of nitrogens with zero attached hydrogens (tertiary/aromatic N) is 5. The standard InChI is InChI=1S/C19H33N5O2/c1-22-17(15-23-10-5-3-4-6-11-23)20-21-19(22)16-7-12-24(13-8-16)18(25)9-14-26-2/h16H,3-15H2,1-2H3. The second kappa shape index (κ2) is 9.46. The van der Waals surface area contributed by atoms with Crippen LogP contribution in [0.15, 0.2) is 0 Å². The van der Waals surface area contributed by atoms with Gasteiger partial charge in [-0.15, -0.1) is 10.2 Å². The Labute approximate surface area is 156 Å². The monoisotopic (exact) mass is 363 g/mol. The van der Waals surface area contributed by atoms with Crippen LogP contribution in [0.25, 0.3) is 0 Å². The highest BCUT2D eigenvalue weighted by atomic mass is 16.5. The summed E-state index contributed by atoms with van der Waals surface area (Å²) in [6, 6.07) is 0. The molecule has 2 fully saturated rings. The molecule has 0 bridgehead atoms. The topological polar surface area (TPSA) is 63.5 Å². The number of amides is 1. The van der Waals surface area contributed by atoms with Crippen LogP contribution < -0.4 is 0 Å². The summed E-state index contributed by atoms with van der Waals surface area (Å²) in [6.07, 6.45) is 7.69. The Morgan fingerprint density at radius 2 is 1.77 bits per heavy atom. The lowest BCUT2D eigenvalue weighted by Crippen LogP contribution is -2.38. The van der Waals surface area contributed by atoms with E-state index in [1.165, 1.54) is 38.8 Å². The molecule has 0 unspecified atom stereocenters. The van der Waals surface area contributed by atoms with E-state index in [-0.39, 0.29) is 5.91 Å². The smallest absolute Gasteiger partial charge is 0.224 e. The van der Waals surface area contributed by atoms with Crippen molar-refractivity contribution in [2.45, 2.75) is 57.4 Å². The molecule has 146 valence electrons. The minimum atomic E-state index is 0.199. The number of likely N-dealkylation sites (tertiary alicyclic amines) is 2. The first-order valence-electron chi connectivity index (χ1n) is 10.1. The number of carbonyl (C=O) groups is 1. The van der Waals surface area contributed by atoms with E-state index in [9.17, 15) is 4.79 Å². The zero-order valence-electron chi connectivity index (χ0n) is 16.3. The van der Waals surface area contributed by atoms with Gasteiger partial charge in [0.15, 0.2) is 0 Å². The number of hydrogen-bond acceptors (Lipinski definition) is 5. The molecule has 0 radical (unpaired) electrons. The van der Waals surface area contributed by atoms with Gasteiger partial charge in [-0.2, -0.15) is 0 Å². The number of ether oxygens (including phenoxy) is 1. The summed E-state index contributed by atoms with van der Waals surface area (Å²) in [5.74, 6) is 2.75. The molecule has 0 aliphatic carbocycles. The number of rotatable bonds is 6. The van der Waals surface area contributed by atoms with Crippen LogP contribution in [0.2, 0.25) is 0 Å². The molecule has 2 saturated heterocycles. The second-order valence-corrected chi connectivity index (χ2v) is 7.62. The van der Waals surface area contributed by atoms with E-state index >= 15 is 0 Å². The quantitative estimate of drug-likeness (QED) is 0.773. The van der Waals surface area contributed by atoms with E-state index in [4.69, 9.17) is 4.74 Å². The minimum absolute atomic E-state index is 0.199. The molecule has 0 atom stereocenters. The lowest BCUT2D eigenvalue weighted by Gasteiger charge is -2.31. The third-order valence-electron chi connectivity index (χ3n) is 5.80. The van der Waals surface area contributed by atoms with Gasteiger partial charge in [-0.1, -0.05) is 12.8 Å². The molecular weight excluding hydrogens is 330 g/mol. The summed E-state index contributed by atoms with van der Waals surface area (Å²) >= 11 is 0. The van der Waals surface area contributed by atoms with Crippen LogP contribution in [0.4, 0.5) is 0 Å². The molecule has 3 heterocycles. The molecule has 7 nitrogen and oxygen atoms in total. The number of methoxy groups -OCH3 is 1. The Bertz CT molecular complexity index is 572. The van der Waals surface area contributed by atoms with Crippen LogP contribution in [0.1, 0.15) is 62.5 Å². The zero-order valence-corrected chi connectivity index (χ0v) is 16.3. The van der Waals surface area contributed by atoms with Crippen LogP contribution in [-0.4, -0.2) is 70.4 Å². The van der Waals surface area contributed by atoms with E-state index < -0.39 is 0 Å². The predicted molar refractivity (Wildman–Crippen MR) is 99.8 cm³/mol. The molecule has 0 spiro atoms. The lowest BCUT2D eigenvalue weighted by atomic mass is 9.95. The van der Waals surface area contributed by atoms with Crippen LogP contribution in [-0.2, 0) is 23.1 Å². The Morgan fingerprint density at radius 1 is 1.08 bits per heavy atom. The van der Waals surface area contributed by atoms with Crippen LogP contribution >= 0.6 is 0 Å². The number of carbonyl (C=O) groups excluding carboxylic acids is 1. The van der Waals surface area contributed by atoms with Gasteiger partial charge in [0.2, 0.25) is 5.91 Å². The number of hydrogen-bond donors (Lipinski definition) is 0. The van der Waals surface area contributed by atoms with Crippen molar-refractivity contribution < 1.29 is 9.53 Å². The minimum Gasteiger partial charge on any atom is -0.384 e. The van der Waals surface area contributed by atoms with E-state index in [1.54, 1.807) is 7.11 Å². The summed E-state index contributed by atoms with van der Waals surface area (Å²) in [5, 5.41) is 9.00. The van der Waals surface area contributed by atoms with Crippen LogP contribution in [0.3, 0.4) is 0 Å². The van der Waals surface area contributed by atoms with Gasteiger partial charge in [0.25, 0.3) is 0 Å². The molecule has 0 aromatic carbocycles. The fourth-order valence-electron chi connectivity index (χ4n) is 4.10. The summed E-state index contributed by atoms with van der Waals surface area (Å²) in [4.78, 5) is 16.6.